The van der Waals surface area contributed by atoms with Crippen LogP contribution in [0.4, 0.5) is 4.39 Å². The normalized spacial score (nSPS) is 23.3. The molecule has 1 saturated heterocycles. The first-order valence-electron chi connectivity index (χ1n) is 11.2. The van der Waals surface area contributed by atoms with Crippen molar-refractivity contribution in [1.29, 1.82) is 0 Å². The Morgan fingerprint density at radius 3 is 1.39 bits per heavy atom. The van der Waals surface area contributed by atoms with Crippen molar-refractivity contribution in [3.63, 3.8) is 0 Å². The van der Waals surface area contributed by atoms with Gasteiger partial charge >= 0.3 is 17.9 Å². The smallest absolute Gasteiger partial charge is 0.338 e. The van der Waals surface area contributed by atoms with E-state index in [0.717, 1.165) is 0 Å². The molecule has 186 valence electrons. The fourth-order valence-electron chi connectivity index (χ4n) is 3.72. The maximum atomic E-state index is 14.0. The number of alkyl halides is 1. The highest BCUT2D eigenvalue weighted by atomic mass is 19.1. The summed E-state index contributed by atoms with van der Waals surface area (Å²) in [6.07, 6.45) is -8.09. The molecule has 0 spiro atoms. The Bertz CT molecular complexity index is 1170. The van der Waals surface area contributed by atoms with Crippen molar-refractivity contribution < 1.29 is 42.8 Å². The van der Waals surface area contributed by atoms with Crippen LogP contribution in [-0.4, -0.2) is 60.4 Å². The molecule has 36 heavy (non-hydrogen) atoms. The number of carbonyl (C=O) groups is 3. The van der Waals surface area contributed by atoms with Gasteiger partial charge in [-0.2, -0.15) is 0 Å². The predicted octanol–water partition coefficient (Wildman–Crippen LogP) is 3.35. The highest BCUT2D eigenvalue weighted by molar-refractivity contribution is 5.91. The van der Waals surface area contributed by atoms with Gasteiger partial charge in [-0.3, -0.25) is 0 Å². The van der Waals surface area contributed by atoms with Gasteiger partial charge in [-0.25, -0.2) is 18.8 Å². The first-order valence-corrected chi connectivity index (χ1v) is 11.2. The van der Waals surface area contributed by atoms with Crippen molar-refractivity contribution in [3.05, 3.63) is 108 Å². The fourth-order valence-corrected chi connectivity index (χ4v) is 3.72. The van der Waals surface area contributed by atoms with Gasteiger partial charge in [0.1, 0.15) is 12.8 Å². The van der Waals surface area contributed by atoms with E-state index in [1.807, 2.05) is 0 Å². The molecule has 0 aromatic heterocycles. The Hall–Kier alpha value is -4.08. The number of ether oxygens (including phenoxy) is 4. The van der Waals surface area contributed by atoms with E-state index in [2.05, 4.69) is 0 Å². The molecule has 1 N–H and O–H groups in total. The summed E-state index contributed by atoms with van der Waals surface area (Å²) in [5.74, 6) is -2.54. The van der Waals surface area contributed by atoms with E-state index in [4.69, 9.17) is 18.9 Å². The SMILES string of the molecule is O=C(O[C@@H]1[C@@H](OC(=O)c2ccccc2)[C@H](O)O[C@H](CF)[C@H]1OC(=O)c1ccccc1)c1ccccc1. The van der Waals surface area contributed by atoms with Gasteiger partial charge in [-0.05, 0) is 36.4 Å². The number of rotatable bonds is 7. The van der Waals surface area contributed by atoms with Crippen LogP contribution in [0.15, 0.2) is 91.0 Å². The van der Waals surface area contributed by atoms with Crippen LogP contribution < -0.4 is 0 Å². The average Bonchev–Trinajstić information content (AvgIpc) is 2.93. The van der Waals surface area contributed by atoms with E-state index >= 15 is 0 Å². The lowest BCUT2D eigenvalue weighted by Crippen LogP contribution is -2.62. The number of aliphatic hydroxyl groups excluding tert-OH is 1. The first kappa shape index (κ1) is 25.0. The molecule has 0 unspecified atom stereocenters. The molecule has 0 amide bonds. The van der Waals surface area contributed by atoms with E-state index in [1.54, 1.807) is 54.6 Å². The van der Waals surface area contributed by atoms with Gasteiger partial charge in [-0.15, -0.1) is 0 Å². The van der Waals surface area contributed by atoms with Crippen LogP contribution in [0.1, 0.15) is 31.1 Å². The van der Waals surface area contributed by atoms with E-state index < -0.39 is 55.3 Å². The Balaban J connectivity index is 1.66. The fraction of sp³-hybridized carbons (Fsp3) is 0.222. The molecule has 8 nitrogen and oxygen atoms in total. The second-order valence-corrected chi connectivity index (χ2v) is 7.93. The highest BCUT2D eigenvalue weighted by Gasteiger charge is 2.52. The van der Waals surface area contributed by atoms with Gasteiger partial charge in [0.25, 0.3) is 0 Å². The summed E-state index contributed by atoms with van der Waals surface area (Å²) in [5, 5.41) is 10.6. The maximum absolute atomic E-state index is 14.0. The molecule has 4 rings (SSSR count). The zero-order valence-electron chi connectivity index (χ0n) is 18.9. The van der Waals surface area contributed by atoms with Crippen LogP contribution in [0.5, 0.6) is 0 Å². The molecule has 0 radical (unpaired) electrons. The predicted molar refractivity (Wildman–Crippen MR) is 124 cm³/mol. The van der Waals surface area contributed by atoms with Crippen LogP contribution in [0, 0.1) is 0 Å². The largest absolute Gasteiger partial charge is 0.452 e. The number of hydrogen-bond donors (Lipinski definition) is 1. The summed E-state index contributed by atoms with van der Waals surface area (Å²) in [5.41, 5.74) is 0.465. The van der Waals surface area contributed by atoms with Crippen molar-refractivity contribution in [2.45, 2.75) is 30.7 Å². The zero-order valence-corrected chi connectivity index (χ0v) is 18.9. The average molecular weight is 494 g/mol. The summed E-state index contributed by atoms with van der Waals surface area (Å²) in [6.45, 7) is -1.18. The third kappa shape index (κ3) is 5.76. The van der Waals surface area contributed by atoms with E-state index in [1.165, 1.54) is 36.4 Å². The summed E-state index contributed by atoms with van der Waals surface area (Å²) < 4.78 is 35.8. The molecule has 3 aromatic rings. The first-order chi connectivity index (χ1) is 17.5. The number of aliphatic hydroxyl groups is 1. The molecule has 0 aliphatic carbocycles. The van der Waals surface area contributed by atoms with Crippen molar-refractivity contribution in [2.75, 3.05) is 6.67 Å². The standard InChI is InChI=1S/C27H23FO8/c28-16-20-21(34-24(29)17-10-4-1-5-11-17)22(35-25(30)18-12-6-2-7-13-18)23(27(32)33-20)36-26(31)19-14-8-3-9-15-19/h1-15,20-23,27,32H,16H2/t20-,21-,22+,23-,27-/m1/s1. The summed E-state index contributed by atoms with van der Waals surface area (Å²) in [4.78, 5) is 38.4. The number of esters is 3. The van der Waals surface area contributed by atoms with Gasteiger partial charge in [0, 0.05) is 0 Å². The summed E-state index contributed by atoms with van der Waals surface area (Å²) in [7, 11) is 0. The maximum Gasteiger partial charge on any atom is 0.338 e. The molecule has 1 aliphatic heterocycles. The third-order valence-electron chi connectivity index (χ3n) is 5.52. The van der Waals surface area contributed by atoms with E-state index in [0.29, 0.717) is 0 Å². The minimum atomic E-state index is -1.86. The van der Waals surface area contributed by atoms with Crippen LogP contribution >= 0.6 is 0 Å². The van der Waals surface area contributed by atoms with Crippen molar-refractivity contribution in [3.8, 4) is 0 Å². The Labute approximate surface area is 206 Å². The van der Waals surface area contributed by atoms with Gasteiger partial charge in [-0.1, -0.05) is 54.6 Å². The van der Waals surface area contributed by atoms with Crippen molar-refractivity contribution in [2.24, 2.45) is 0 Å². The Morgan fingerprint density at radius 1 is 0.639 bits per heavy atom. The monoisotopic (exact) mass is 494 g/mol. The summed E-state index contributed by atoms with van der Waals surface area (Å²) in [6, 6.07) is 23.7. The lowest BCUT2D eigenvalue weighted by atomic mass is 9.98. The number of halogens is 1. The molecular weight excluding hydrogens is 471 g/mol. The van der Waals surface area contributed by atoms with Gasteiger partial charge in [0.05, 0.1) is 16.7 Å². The molecule has 1 aliphatic rings. The lowest BCUT2D eigenvalue weighted by molar-refractivity contribution is -0.281. The molecule has 1 heterocycles. The van der Waals surface area contributed by atoms with Crippen LogP contribution in [0.3, 0.4) is 0 Å². The topological polar surface area (TPSA) is 108 Å². The van der Waals surface area contributed by atoms with E-state index in [-0.39, 0.29) is 16.7 Å². The Morgan fingerprint density at radius 2 is 1.00 bits per heavy atom. The second kappa shape index (κ2) is 11.6. The molecule has 3 aromatic carbocycles. The van der Waals surface area contributed by atoms with Crippen molar-refractivity contribution >= 4 is 17.9 Å². The van der Waals surface area contributed by atoms with Crippen LogP contribution in [0.25, 0.3) is 0 Å². The molecular formula is C27H23FO8. The highest BCUT2D eigenvalue weighted by Crippen LogP contribution is 2.30. The minimum absolute atomic E-state index is 0.150. The minimum Gasteiger partial charge on any atom is -0.452 e. The Kier molecular flexibility index (Phi) is 8.04. The number of benzene rings is 3. The quantitative estimate of drug-likeness (QED) is 0.394. The lowest BCUT2D eigenvalue weighted by Gasteiger charge is -2.42. The number of carbonyl (C=O) groups excluding carboxylic acids is 3. The molecule has 9 heteroatoms. The van der Waals surface area contributed by atoms with Crippen LogP contribution in [-0.2, 0) is 18.9 Å². The molecule has 1 fully saturated rings. The second-order valence-electron chi connectivity index (χ2n) is 7.93. The van der Waals surface area contributed by atoms with Gasteiger partial charge < -0.3 is 24.1 Å². The number of hydrogen-bond acceptors (Lipinski definition) is 8. The van der Waals surface area contributed by atoms with Gasteiger partial charge in [0.2, 0.25) is 0 Å². The molecule has 5 atom stereocenters. The van der Waals surface area contributed by atoms with E-state index in [9.17, 15) is 23.9 Å². The van der Waals surface area contributed by atoms with Crippen LogP contribution in [0.2, 0.25) is 0 Å². The molecule has 0 saturated carbocycles. The third-order valence-corrected chi connectivity index (χ3v) is 5.52. The van der Waals surface area contributed by atoms with Crippen molar-refractivity contribution in [1.82, 2.24) is 0 Å². The summed E-state index contributed by atoms with van der Waals surface area (Å²) >= 11 is 0. The molecule has 0 bridgehead atoms. The van der Waals surface area contributed by atoms with Gasteiger partial charge in [0.15, 0.2) is 24.6 Å². The zero-order chi connectivity index (χ0) is 25.5.